The molecule has 1 N–H and O–H groups in total. The van der Waals surface area contributed by atoms with E-state index in [9.17, 15) is 9.90 Å². The van der Waals surface area contributed by atoms with Crippen molar-refractivity contribution in [2.75, 3.05) is 18.6 Å². The van der Waals surface area contributed by atoms with E-state index in [4.69, 9.17) is 9.11 Å². The van der Waals surface area contributed by atoms with E-state index in [-0.39, 0.29) is 17.9 Å². The summed E-state index contributed by atoms with van der Waals surface area (Å²) >= 11 is 1.58. The van der Waals surface area contributed by atoms with Crippen LogP contribution in [0.1, 0.15) is 92.9 Å². The highest BCUT2D eigenvalue weighted by atomic mass is 32.1. The molecule has 3 aliphatic carbocycles. The van der Waals surface area contributed by atoms with Gasteiger partial charge in [-0.2, -0.15) is 4.37 Å². The number of ether oxygens (including phenoxy) is 1. The van der Waals surface area contributed by atoms with Crippen LogP contribution in [0.3, 0.4) is 0 Å². The Kier molecular flexibility index (Phi) is 8.27. The molecule has 2 aromatic carbocycles. The van der Waals surface area contributed by atoms with E-state index < -0.39 is 0 Å². The Morgan fingerprint density at radius 2 is 1.70 bits per heavy atom. The predicted molar refractivity (Wildman–Crippen MR) is 162 cm³/mol. The Hall–Kier alpha value is -2.70. The van der Waals surface area contributed by atoms with Gasteiger partial charge in [0.25, 0.3) is 0 Å². The highest BCUT2D eigenvalue weighted by Gasteiger charge is 2.33. The number of carbonyl (C=O) groups excluding carboxylic acids is 1. The van der Waals surface area contributed by atoms with E-state index in [0.29, 0.717) is 17.8 Å². The zero-order chi connectivity index (χ0) is 27.6. The summed E-state index contributed by atoms with van der Waals surface area (Å²) in [5.74, 6) is 2.88. The second-order valence-corrected chi connectivity index (χ2v) is 13.1. The van der Waals surface area contributed by atoms with Crippen molar-refractivity contribution in [2.24, 2.45) is 11.8 Å². The normalized spacial score (nSPS) is 25.0. The van der Waals surface area contributed by atoms with Crippen LogP contribution in [0.2, 0.25) is 0 Å². The zero-order valence-electron chi connectivity index (χ0n) is 23.9. The molecule has 0 aliphatic heterocycles. The molecule has 6 rings (SSSR count). The first-order valence-electron chi connectivity index (χ1n) is 15.2. The summed E-state index contributed by atoms with van der Waals surface area (Å²) in [7, 11) is 1.73. The maximum Gasteiger partial charge on any atom is 0.230 e. The average molecular weight is 559 g/mol. The molecule has 0 saturated heterocycles. The molecule has 6 heteroatoms. The van der Waals surface area contributed by atoms with Gasteiger partial charge in [-0.25, -0.2) is 0 Å². The van der Waals surface area contributed by atoms with Crippen LogP contribution in [0.5, 0.6) is 5.75 Å². The fourth-order valence-electron chi connectivity index (χ4n) is 6.78. The van der Waals surface area contributed by atoms with E-state index in [2.05, 4.69) is 60.4 Å². The number of benzene rings is 2. The molecule has 3 fully saturated rings. The number of methoxy groups -OCH3 is 1. The second-order valence-electron chi connectivity index (χ2n) is 12.3. The van der Waals surface area contributed by atoms with E-state index in [1.54, 1.807) is 18.6 Å². The van der Waals surface area contributed by atoms with E-state index in [0.717, 1.165) is 74.9 Å². The van der Waals surface area contributed by atoms with Gasteiger partial charge in [-0.1, -0.05) is 24.3 Å². The van der Waals surface area contributed by atoms with Gasteiger partial charge in [0.1, 0.15) is 5.75 Å². The molecular weight excluding hydrogens is 516 g/mol. The quantitative estimate of drug-likeness (QED) is 0.306. The van der Waals surface area contributed by atoms with Crippen LogP contribution < -0.4 is 9.64 Å². The molecule has 3 aliphatic rings. The van der Waals surface area contributed by atoms with Gasteiger partial charge in [0, 0.05) is 24.1 Å². The molecule has 0 unspecified atom stereocenters. The van der Waals surface area contributed by atoms with Crippen molar-refractivity contribution < 1.29 is 14.6 Å². The molecule has 1 amide bonds. The van der Waals surface area contributed by atoms with E-state index in [1.807, 2.05) is 0 Å². The highest BCUT2D eigenvalue weighted by molar-refractivity contribution is 7.09. The molecule has 1 aromatic heterocycles. The Morgan fingerprint density at radius 3 is 2.40 bits per heavy atom. The second kappa shape index (κ2) is 12.0. The van der Waals surface area contributed by atoms with Crippen LogP contribution in [0, 0.1) is 18.8 Å². The van der Waals surface area contributed by atoms with Crippen LogP contribution >= 0.6 is 11.5 Å². The summed E-state index contributed by atoms with van der Waals surface area (Å²) in [5.41, 5.74) is 5.98. The molecule has 1 heterocycles. The van der Waals surface area contributed by atoms with Gasteiger partial charge in [0.05, 0.1) is 23.8 Å². The van der Waals surface area contributed by atoms with Crippen molar-refractivity contribution in [1.82, 2.24) is 4.37 Å². The maximum absolute atomic E-state index is 14.0. The summed E-state index contributed by atoms with van der Waals surface area (Å²) in [6.45, 7) is 2.89. The lowest BCUT2D eigenvalue weighted by atomic mass is 9.78. The molecule has 0 spiro atoms. The summed E-state index contributed by atoms with van der Waals surface area (Å²) in [5, 5.41) is 10.1. The third-order valence-corrected chi connectivity index (χ3v) is 10.3. The van der Waals surface area contributed by atoms with Crippen LogP contribution in [-0.4, -0.2) is 35.1 Å². The van der Waals surface area contributed by atoms with Crippen molar-refractivity contribution in [3.05, 3.63) is 65.4 Å². The first kappa shape index (κ1) is 27.5. The molecule has 0 atom stereocenters. The summed E-state index contributed by atoms with van der Waals surface area (Å²) in [6, 6.07) is 17.4. The molecule has 0 radical (unpaired) electrons. The minimum atomic E-state index is -0.260. The van der Waals surface area contributed by atoms with Gasteiger partial charge in [-0.15, -0.1) is 0 Å². The molecule has 0 bridgehead atoms. The Balaban J connectivity index is 1.19. The Morgan fingerprint density at radius 1 is 0.950 bits per heavy atom. The van der Waals surface area contributed by atoms with Crippen molar-refractivity contribution >= 4 is 23.1 Å². The van der Waals surface area contributed by atoms with E-state index in [1.165, 1.54) is 34.5 Å². The van der Waals surface area contributed by atoms with Crippen molar-refractivity contribution in [2.45, 2.75) is 89.1 Å². The molecule has 40 heavy (non-hydrogen) atoms. The number of carbonyl (C=O) groups is 1. The highest BCUT2D eigenvalue weighted by Crippen LogP contribution is 2.43. The maximum atomic E-state index is 14.0. The van der Waals surface area contributed by atoms with Gasteiger partial charge in [-0.05, 0) is 135 Å². The Labute approximate surface area is 242 Å². The lowest BCUT2D eigenvalue weighted by Crippen LogP contribution is -2.41. The first-order valence-corrected chi connectivity index (χ1v) is 16.0. The average Bonchev–Trinajstić information content (AvgIpc) is 3.72. The molecule has 5 nitrogen and oxygen atoms in total. The van der Waals surface area contributed by atoms with Gasteiger partial charge in [0.15, 0.2) is 0 Å². The number of aryl methyl sites for hydroxylation is 1. The van der Waals surface area contributed by atoms with Gasteiger partial charge < -0.3 is 14.7 Å². The van der Waals surface area contributed by atoms with Crippen LogP contribution in [0.25, 0.3) is 10.4 Å². The summed E-state index contributed by atoms with van der Waals surface area (Å²) < 4.78 is 10.2. The van der Waals surface area contributed by atoms with Gasteiger partial charge in [-0.3, -0.25) is 4.79 Å². The number of aliphatic hydroxyl groups excluding tert-OH is 1. The minimum Gasteiger partial charge on any atom is -0.496 e. The van der Waals surface area contributed by atoms with Crippen LogP contribution in [0.4, 0.5) is 5.69 Å². The lowest BCUT2D eigenvalue weighted by molar-refractivity contribution is -0.124. The van der Waals surface area contributed by atoms with Crippen molar-refractivity contribution in [3.63, 3.8) is 0 Å². The Bertz CT molecular complexity index is 1320. The molecular formula is C34H42N2O3S. The standard InChI is InChI=1S/C34H42N2O3S/c1-22-18-27(14-17-32(22)39-2)24-8-6-23(7-9-24)21-36(34(38)26-12-15-30(37)16-13-26)29-5-3-4-28(19-29)33-20-31(35-40-33)25-10-11-25/h3-5,14,17-20,23-26,30,37H,6-13,15-16,21H2,1-2H3/t23-,24-,26-,30-. The number of amides is 1. The predicted octanol–water partition coefficient (Wildman–Crippen LogP) is 7.86. The fourth-order valence-corrected chi connectivity index (χ4v) is 7.59. The zero-order valence-corrected chi connectivity index (χ0v) is 24.7. The van der Waals surface area contributed by atoms with Crippen molar-refractivity contribution in [3.8, 4) is 16.2 Å². The molecule has 212 valence electrons. The van der Waals surface area contributed by atoms with Crippen LogP contribution in [0.15, 0.2) is 48.5 Å². The summed E-state index contributed by atoms with van der Waals surface area (Å²) in [6.07, 6.45) is 9.80. The smallest absolute Gasteiger partial charge is 0.230 e. The van der Waals surface area contributed by atoms with E-state index >= 15 is 0 Å². The largest absolute Gasteiger partial charge is 0.496 e. The number of aliphatic hydroxyl groups is 1. The van der Waals surface area contributed by atoms with Crippen LogP contribution in [-0.2, 0) is 4.79 Å². The number of aromatic nitrogens is 1. The topological polar surface area (TPSA) is 62.7 Å². The summed E-state index contributed by atoms with van der Waals surface area (Å²) in [4.78, 5) is 17.3. The number of hydrogen-bond acceptors (Lipinski definition) is 5. The number of hydrogen-bond donors (Lipinski definition) is 1. The SMILES string of the molecule is COc1ccc([C@H]2CC[C@H](CN(c3cccc(-c4cc(C5CC5)ns4)c3)C(=O)[C@H]3CC[C@H](O)CC3)CC2)cc1C. The third-order valence-electron chi connectivity index (χ3n) is 9.46. The third kappa shape index (κ3) is 6.13. The number of rotatable bonds is 8. The molecule has 3 saturated carbocycles. The van der Waals surface area contributed by atoms with Gasteiger partial charge in [0.2, 0.25) is 5.91 Å². The fraction of sp³-hybridized carbons (Fsp3) is 0.529. The molecule has 3 aromatic rings. The van der Waals surface area contributed by atoms with Gasteiger partial charge >= 0.3 is 0 Å². The minimum absolute atomic E-state index is 0.00413. The van der Waals surface area contributed by atoms with Crippen molar-refractivity contribution in [1.29, 1.82) is 0 Å². The lowest BCUT2D eigenvalue weighted by Gasteiger charge is -2.36. The first-order chi connectivity index (χ1) is 19.5. The number of anilines is 1. The monoisotopic (exact) mass is 558 g/mol. The number of nitrogens with zero attached hydrogens (tertiary/aromatic N) is 2.